The van der Waals surface area contributed by atoms with Crippen LogP contribution in [0.25, 0.3) is 0 Å². The zero-order valence-corrected chi connectivity index (χ0v) is 18.5. The Hall–Kier alpha value is -2.26. The lowest BCUT2D eigenvalue weighted by atomic mass is 9.95. The van der Waals surface area contributed by atoms with Crippen molar-refractivity contribution in [2.45, 2.75) is 56.5 Å². The lowest BCUT2D eigenvalue weighted by Gasteiger charge is -2.22. The third-order valence-corrected chi connectivity index (χ3v) is 5.99. The average Bonchev–Trinajstić information content (AvgIpc) is 3.17. The molecule has 1 heterocycles. The van der Waals surface area contributed by atoms with Gasteiger partial charge in [0, 0.05) is 25.8 Å². The number of benzene rings is 1. The molecule has 1 saturated carbocycles. The first-order valence-electron chi connectivity index (χ1n) is 10.3. The molecule has 2 aromatic rings. The van der Waals surface area contributed by atoms with Crippen LogP contribution in [0.4, 0.5) is 0 Å². The second-order valence-corrected chi connectivity index (χ2v) is 8.14. The minimum absolute atomic E-state index is 0.0439. The maximum atomic E-state index is 12.3. The van der Waals surface area contributed by atoms with Crippen molar-refractivity contribution < 1.29 is 19.0 Å². The van der Waals surface area contributed by atoms with Crippen LogP contribution in [0.3, 0.4) is 0 Å². The van der Waals surface area contributed by atoms with Gasteiger partial charge in [-0.3, -0.25) is 4.79 Å². The van der Waals surface area contributed by atoms with E-state index in [1.807, 2.05) is 28.8 Å². The van der Waals surface area contributed by atoms with Crippen molar-refractivity contribution in [1.29, 1.82) is 0 Å². The van der Waals surface area contributed by atoms with Crippen LogP contribution < -0.4 is 14.8 Å². The van der Waals surface area contributed by atoms with Gasteiger partial charge in [0.1, 0.15) is 18.1 Å². The molecular weight excluding hydrogens is 404 g/mol. The van der Waals surface area contributed by atoms with Crippen LogP contribution in [0.15, 0.2) is 29.4 Å². The molecule has 0 atom stereocenters. The molecule has 0 bridgehead atoms. The van der Waals surface area contributed by atoms with Crippen molar-refractivity contribution in [3.63, 3.8) is 0 Å². The van der Waals surface area contributed by atoms with E-state index in [0.29, 0.717) is 41.7 Å². The molecule has 9 heteroatoms. The number of rotatable bonds is 11. The highest BCUT2D eigenvalue weighted by atomic mass is 32.2. The van der Waals surface area contributed by atoms with Crippen LogP contribution in [0, 0.1) is 0 Å². The monoisotopic (exact) mass is 434 g/mol. The quantitative estimate of drug-likeness (QED) is 0.544. The van der Waals surface area contributed by atoms with Gasteiger partial charge < -0.3 is 24.1 Å². The predicted molar refractivity (Wildman–Crippen MR) is 115 cm³/mol. The van der Waals surface area contributed by atoms with Crippen molar-refractivity contribution in [2.24, 2.45) is 0 Å². The second kappa shape index (κ2) is 11.8. The first kappa shape index (κ1) is 22.4. The summed E-state index contributed by atoms with van der Waals surface area (Å²) in [6.45, 7) is 1.37. The van der Waals surface area contributed by atoms with Gasteiger partial charge in [0.25, 0.3) is 0 Å². The molecule has 0 saturated heterocycles. The van der Waals surface area contributed by atoms with Gasteiger partial charge in [0.05, 0.1) is 19.5 Å². The number of methoxy groups -OCH3 is 2. The number of carbonyl (C=O) groups excluding carboxylic acids is 1. The second-order valence-electron chi connectivity index (χ2n) is 7.20. The number of ether oxygens (including phenoxy) is 3. The largest absolute Gasteiger partial charge is 0.497 e. The molecule has 1 aromatic carbocycles. The highest BCUT2D eigenvalue weighted by Crippen LogP contribution is 2.22. The van der Waals surface area contributed by atoms with Gasteiger partial charge in [-0.2, -0.15) is 0 Å². The van der Waals surface area contributed by atoms with E-state index < -0.39 is 0 Å². The van der Waals surface area contributed by atoms with Crippen LogP contribution in [0.5, 0.6) is 11.5 Å². The highest BCUT2D eigenvalue weighted by Gasteiger charge is 2.18. The van der Waals surface area contributed by atoms with E-state index in [0.717, 1.165) is 18.6 Å². The highest BCUT2D eigenvalue weighted by molar-refractivity contribution is 7.99. The van der Waals surface area contributed by atoms with Crippen molar-refractivity contribution >= 4 is 17.7 Å². The summed E-state index contributed by atoms with van der Waals surface area (Å²) in [5, 5.41) is 12.4. The molecule has 0 radical (unpaired) electrons. The molecule has 1 amide bonds. The SMILES string of the molecule is COCCn1c(COc2cccc(OC)c2)nnc1SCC(=O)NC1CCCCC1. The third kappa shape index (κ3) is 6.63. The van der Waals surface area contributed by atoms with Crippen LogP contribution in [-0.4, -0.2) is 53.3 Å². The lowest BCUT2D eigenvalue weighted by Crippen LogP contribution is -2.37. The number of carbonyl (C=O) groups is 1. The number of amides is 1. The fraction of sp³-hybridized carbons (Fsp3) is 0.571. The van der Waals surface area contributed by atoms with E-state index in [2.05, 4.69) is 15.5 Å². The molecule has 3 rings (SSSR count). The Morgan fingerprint density at radius 2 is 2.00 bits per heavy atom. The van der Waals surface area contributed by atoms with Gasteiger partial charge in [0.2, 0.25) is 5.91 Å². The summed E-state index contributed by atoms with van der Waals surface area (Å²) < 4.78 is 18.3. The van der Waals surface area contributed by atoms with Gasteiger partial charge in [-0.25, -0.2) is 0 Å². The average molecular weight is 435 g/mol. The molecule has 1 N–H and O–H groups in total. The predicted octanol–water partition coefficient (Wildman–Crippen LogP) is 3.05. The Labute approximate surface area is 181 Å². The number of aromatic nitrogens is 3. The Morgan fingerprint density at radius 1 is 1.20 bits per heavy atom. The molecule has 8 nitrogen and oxygen atoms in total. The van der Waals surface area contributed by atoms with E-state index in [4.69, 9.17) is 14.2 Å². The van der Waals surface area contributed by atoms with Gasteiger partial charge in [-0.05, 0) is 25.0 Å². The van der Waals surface area contributed by atoms with Crippen LogP contribution in [0.1, 0.15) is 37.9 Å². The number of hydrogen-bond donors (Lipinski definition) is 1. The standard InChI is InChI=1S/C21H30N4O4S/c1-27-12-11-25-19(14-29-18-10-6-9-17(13-18)28-2)23-24-21(25)30-15-20(26)22-16-7-4-3-5-8-16/h6,9-10,13,16H,3-5,7-8,11-12,14-15H2,1-2H3,(H,22,26). The Kier molecular flexibility index (Phi) is 8.82. The first-order chi connectivity index (χ1) is 14.7. The van der Waals surface area contributed by atoms with Gasteiger partial charge >= 0.3 is 0 Å². The zero-order valence-electron chi connectivity index (χ0n) is 17.6. The number of thioether (sulfide) groups is 1. The lowest BCUT2D eigenvalue weighted by molar-refractivity contribution is -0.119. The first-order valence-corrected chi connectivity index (χ1v) is 11.3. The van der Waals surface area contributed by atoms with Gasteiger partial charge in [-0.1, -0.05) is 37.1 Å². The molecule has 0 aliphatic heterocycles. The van der Waals surface area contributed by atoms with Crippen LogP contribution in [-0.2, 0) is 22.7 Å². The van der Waals surface area contributed by atoms with E-state index in [1.54, 1.807) is 14.2 Å². The van der Waals surface area contributed by atoms with Crippen molar-refractivity contribution in [1.82, 2.24) is 20.1 Å². The Morgan fingerprint density at radius 3 is 2.77 bits per heavy atom. The molecule has 1 aromatic heterocycles. The third-order valence-electron chi connectivity index (χ3n) is 5.02. The van der Waals surface area contributed by atoms with E-state index in [1.165, 1.54) is 31.0 Å². The zero-order chi connectivity index (χ0) is 21.2. The van der Waals surface area contributed by atoms with Crippen molar-refractivity contribution in [3.05, 3.63) is 30.1 Å². The smallest absolute Gasteiger partial charge is 0.230 e. The summed E-state index contributed by atoms with van der Waals surface area (Å²) in [6, 6.07) is 7.73. The summed E-state index contributed by atoms with van der Waals surface area (Å²) in [7, 11) is 3.27. The van der Waals surface area contributed by atoms with E-state index in [9.17, 15) is 4.79 Å². The molecule has 164 valence electrons. The molecule has 0 unspecified atom stereocenters. The number of hydrogen-bond acceptors (Lipinski definition) is 7. The fourth-order valence-corrected chi connectivity index (χ4v) is 4.22. The number of nitrogens with zero attached hydrogens (tertiary/aromatic N) is 3. The summed E-state index contributed by atoms with van der Waals surface area (Å²) in [5.74, 6) is 2.47. The molecule has 1 fully saturated rings. The topological polar surface area (TPSA) is 87.5 Å². The van der Waals surface area contributed by atoms with Gasteiger partial charge in [-0.15, -0.1) is 10.2 Å². The molecule has 30 heavy (non-hydrogen) atoms. The van der Waals surface area contributed by atoms with Crippen molar-refractivity contribution in [3.8, 4) is 11.5 Å². The molecular formula is C21H30N4O4S. The maximum absolute atomic E-state index is 12.3. The maximum Gasteiger partial charge on any atom is 0.230 e. The Balaban J connectivity index is 1.58. The number of nitrogens with one attached hydrogen (secondary N) is 1. The summed E-state index contributed by atoms with van der Waals surface area (Å²) in [6.07, 6.45) is 5.81. The van der Waals surface area contributed by atoms with E-state index in [-0.39, 0.29) is 12.5 Å². The summed E-state index contributed by atoms with van der Waals surface area (Å²) in [4.78, 5) is 12.3. The molecule has 0 spiro atoms. The molecule has 1 aliphatic rings. The molecule has 1 aliphatic carbocycles. The van der Waals surface area contributed by atoms with Crippen LogP contribution in [0.2, 0.25) is 0 Å². The van der Waals surface area contributed by atoms with E-state index >= 15 is 0 Å². The minimum atomic E-state index is 0.0439. The fourth-order valence-electron chi connectivity index (χ4n) is 3.42. The Bertz CT molecular complexity index is 808. The minimum Gasteiger partial charge on any atom is -0.497 e. The van der Waals surface area contributed by atoms with Crippen molar-refractivity contribution in [2.75, 3.05) is 26.6 Å². The van der Waals surface area contributed by atoms with Gasteiger partial charge in [0.15, 0.2) is 11.0 Å². The summed E-state index contributed by atoms with van der Waals surface area (Å²) in [5.41, 5.74) is 0. The normalized spacial score (nSPS) is 14.5. The van der Waals surface area contributed by atoms with Crippen LogP contribution >= 0.6 is 11.8 Å². The summed E-state index contributed by atoms with van der Waals surface area (Å²) >= 11 is 1.39.